The van der Waals surface area contributed by atoms with E-state index in [9.17, 15) is 0 Å². The minimum atomic E-state index is 0.434. The smallest absolute Gasteiger partial charge is 0.208 e. The molecule has 0 aliphatic rings. The SMILES string of the molecule is Cc1ccoc1CNc1nnc(Cl)s1. The van der Waals surface area contributed by atoms with Crippen LogP contribution in [0.1, 0.15) is 11.3 Å². The van der Waals surface area contributed by atoms with Gasteiger partial charge in [0.2, 0.25) is 9.60 Å². The maximum Gasteiger partial charge on any atom is 0.208 e. The molecule has 0 saturated carbocycles. The Labute approximate surface area is 89.9 Å². The van der Waals surface area contributed by atoms with Gasteiger partial charge in [0.1, 0.15) is 5.76 Å². The summed E-state index contributed by atoms with van der Waals surface area (Å²) in [5, 5.41) is 11.3. The molecule has 2 rings (SSSR count). The van der Waals surface area contributed by atoms with E-state index in [1.165, 1.54) is 11.3 Å². The van der Waals surface area contributed by atoms with E-state index in [1.54, 1.807) is 6.26 Å². The number of aryl methyl sites for hydroxylation is 1. The quantitative estimate of drug-likeness (QED) is 0.879. The van der Waals surface area contributed by atoms with Crippen LogP contribution >= 0.6 is 22.9 Å². The molecule has 6 heteroatoms. The second-order valence-corrected chi connectivity index (χ2v) is 4.30. The fourth-order valence-corrected chi connectivity index (χ4v) is 1.74. The van der Waals surface area contributed by atoms with E-state index in [1.807, 2.05) is 13.0 Å². The Morgan fingerprint density at radius 2 is 2.43 bits per heavy atom. The van der Waals surface area contributed by atoms with Crippen LogP contribution in [0, 0.1) is 6.92 Å². The minimum Gasteiger partial charge on any atom is -0.467 e. The Bertz CT molecular complexity index is 426. The molecule has 14 heavy (non-hydrogen) atoms. The summed E-state index contributed by atoms with van der Waals surface area (Å²) in [6, 6.07) is 1.92. The molecule has 0 bridgehead atoms. The lowest BCUT2D eigenvalue weighted by Crippen LogP contribution is -1.98. The highest BCUT2D eigenvalue weighted by molar-refractivity contribution is 7.18. The molecule has 0 amide bonds. The van der Waals surface area contributed by atoms with Gasteiger partial charge in [-0.25, -0.2) is 0 Å². The van der Waals surface area contributed by atoms with E-state index in [2.05, 4.69) is 15.5 Å². The van der Waals surface area contributed by atoms with E-state index in [0.717, 1.165) is 11.3 Å². The van der Waals surface area contributed by atoms with Crippen molar-refractivity contribution in [1.82, 2.24) is 10.2 Å². The lowest BCUT2D eigenvalue weighted by Gasteiger charge is -1.98. The molecule has 0 unspecified atom stereocenters. The molecule has 2 heterocycles. The van der Waals surface area contributed by atoms with Gasteiger partial charge in [-0.05, 0) is 30.2 Å². The number of nitrogens with one attached hydrogen (secondary N) is 1. The van der Waals surface area contributed by atoms with Gasteiger partial charge in [-0.2, -0.15) is 0 Å². The highest BCUT2D eigenvalue weighted by atomic mass is 35.5. The highest BCUT2D eigenvalue weighted by Crippen LogP contribution is 2.20. The van der Waals surface area contributed by atoms with Gasteiger partial charge in [0.05, 0.1) is 12.8 Å². The van der Waals surface area contributed by atoms with E-state index in [-0.39, 0.29) is 0 Å². The largest absolute Gasteiger partial charge is 0.467 e. The molecular weight excluding hydrogens is 222 g/mol. The first kappa shape index (κ1) is 9.48. The zero-order valence-electron chi connectivity index (χ0n) is 7.45. The number of nitrogens with zero attached hydrogens (tertiary/aromatic N) is 2. The maximum atomic E-state index is 5.63. The zero-order valence-corrected chi connectivity index (χ0v) is 9.02. The fourth-order valence-electron chi connectivity index (χ4n) is 1.02. The van der Waals surface area contributed by atoms with E-state index in [4.69, 9.17) is 16.0 Å². The molecular formula is C8H8ClN3OS. The maximum absolute atomic E-state index is 5.63. The van der Waals surface area contributed by atoms with Gasteiger partial charge >= 0.3 is 0 Å². The molecule has 0 radical (unpaired) electrons. The monoisotopic (exact) mass is 229 g/mol. The van der Waals surface area contributed by atoms with Crippen molar-refractivity contribution in [1.29, 1.82) is 0 Å². The summed E-state index contributed by atoms with van der Waals surface area (Å²) in [4.78, 5) is 0. The van der Waals surface area contributed by atoms with Crippen molar-refractivity contribution in [2.24, 2.45) is 0 Å². The third-order valence-corrected chi connectivity index (χ3v) is 2.75. The highest BCUT2D eigenvalue weighted by Gasteiger charge is 2.04. The van der Waals surface area contributed by atoms with Crippen molar-refractivity contribution in [2.45, 2.75) is 13.5 Å². The van der Waals surface area contributed by atoms with E-state index in [0.29, 0.717) is 16.1 Å². The van der Waals surface area contributed by atoms with Crippen molar-refractivity contribution in [3.05, 3.63) is 28.1 Å². The first-order chi connectivity index (χ1) is 6.75. The van der Waals surface area contributed by atoms with Crippen molar-refractivity contribution in [2.75, 3.05) is 5.32 Å². The normalized spacial score (nSPS) is 10.4. The summed E-state index contributed by atoms with van der Waals surface area (Å²) in [5.74, 6) is 0.899. The number of rotatable bonds is 3. The van der Waals surface area contributed by atoms with E-state index >= 15 is 0 Å². The van der Waals surface area contributed by atoms with Crippen LogP contribution in [0.15, 0.2) is 16.7 Å². The number of halogens is 1. The van der Waals surface area contributed by atoms with Gasteiger partial charge in [-0.1, -0.05) is 11.3 Å². The van der Waals surface area contributed by atoms with Gasteiger partial charge in [0.25, 0.3) is 0 Å². The van der Waals surface area contributed by atoms with Gasteiger partial charge in [0, 0.05) is 0 Å². The number of aromatic nitrogens is 2. The van der Waals surface area contributed by atoms with Crippen molar-refractivity contribution in [3.63, 3.8) is 0 Å². The van der Waals surface area contributed by atoms with Gasteiger partial charge in [0.15, 0.2) is 0 Å². The Morgan fingerprint density at radius 1 is 1.57 bits per heavy atom. The average molecular weight is 230 g/mol. The first-order valence-electron chi connectivity index (χ1n) is 4.01. The van der Waals surface area contributed by atoms with Gasteiger partial charge in [-0.3, -0.25) is 0 Å². The second kappa shape index (κ2) is 3.98. The van der Waals surface area contributed by atoms with Crippen LogP contribution in [0.25, 0.3) is 0 Å². The summed E-state index contributed by atoms with van der Waals surface area (Å²) in [7, 11) is 0. The van der Waals surface area contributed by atoms with Crippen molar-refractivity contribution >= 4 is 28.1 Å². The third kappa shape index (κ3) is 2.05. The molecule has 2 aromatic rings. The van der Waals surface area contributed by atoms with Gasteiger partial charge in [-0.15, -0.1) is 10.2 Å². The molecule has 0 aliphatic carbocycles. The van der Waals surface area contributed by atoms with Crippen LogP contribution in [0.2, 0.25) is 4.47 Å². The van der Waals surface area contributed by atoms with Crippen molar-refractivity contribution in [3.8, 4) is 0 Å². The average Bonchev–Trinajstić information content (AvgIpc) is 2.72. The van der Waals surface area contributed by atoms with Crippen LogP contribution in [0.3, 0.4) is 0 Å². The van der Waals surface area contributed by atoms with Crippen LogP contribution < -0.4 is 5.32 Å². The van der Waals surface area contributed by atoms with Crippen LogP contribution in [-0.2, 0) is 6.54 Å². The molecule has 0 atom stereocenters. The number of hydrogen-bond donors (Lipinski definition) is 1. The molecule has 2 aromatic heterocycles. The number of furan rings is 1. The summed E-state index contributed by atoms with van der Waals surface area (Å²) in [6.45, 7) is 2.60. The minimum absolute atomic E-state index is 0.434. The summed E-state index contributed by atoms with van der Waals surface area (Å²) in [6.07, 6.45) is 1.67. The summed E-state index contributed by atoms with van der Waals surface area (Å²) >= 11 is 6.94. The lowest BCUT2D eigenvalue weighted by molar-refractivity contribution is 0.515. The van der Waals surface area contributed by atoms with Crippen LogP contribution in [0.4, 0.5) is 5.13 Å². The first-order valence-corrected chi connectivity index (χ1v) is 5.21. The Balaban J connectivity index is 1.98. The Morgan fingerprint density at radius 3 is 3.00 bits per heavy atom. The molecule has 0 aromatic carbocycles. The number of anilines is 1. The molecule has 1 N–H and O–H groups in total. The third-order valence-electron chi connectivity index (χ3n) is 1.77. The molecule has 74 valence electrons. The van der Waals surface area contributed by atoms with E-state index < -0.39 is 0 Å². The zero-order chi connectivity index (χ0) is 9.97. The molecule has 0 aliphatic heterocycles. The second-order valence-electron chi connectivity index (χ2n) is 2.74. The molecule has 0 saturated heterocycles. The Kier molecular flexibility index (Phi) is 2.69. The molecule has 0 spiro atoms. The standard InChI is InChI=1S/C8H8ClN3OS/c1-5-2-3-13-6(5)4-10-8-12-11-7(9)14-8/h2-3H,4H2,1H3,(H,10,12). The predicted molar refractivity (Wildman–Crippen MR) is 55.7 cm³/mol. The predicted octanol–water partition coefficient (Wildman–Crippen LogP) is 2.71. The summed E-state index contributed by atoms with van der Waals surface area (Å²) < 4.78 is 5.69. The fraction of sp³-hybridized carbons (Fsp3) is 0.250. The topological polar surface area (TPSA) is 51.0 Å². The number of hydrogen-bond acceptors (Lipinski definition) is 5. The Hall–Kier alpha value is -1.07. The van der Waals surface area contributed by atoms with Crippen LogP contribution in [-0.4, -0.2) is 10.2 Å². The van der Waals surface area contributed by atoms with Crippen molar-refractivity contribution < 1.29 is 4.42 Å². The summed E-state index contributed by atoms with van der Waals surface area (Å²) in [5.41, 5.74) is 1.12. The lowest BCUT2D eigenvalue weighted by atomic mass is 10.3. The van der Waals surface area contributed by atoms with Gasteiger partial charge < -0.3 is 9.73 Å². The molecule has 0 fully saturated rings. The van der Waals surface area contributed by atoms with Crippen LogP contribution in [0.5, 0.6) is 0 Å². The molecule has 4 nitrogen and oxygen atoms in total.